The Morgan fingerprint density at radius 1 is 0.513 bits per heavy atom. The molecule has 14 nitrogen and oxygen atoms in total. The Bertz CT molecular complexity index is 896. The molecule has 8 N–H and O–H groups in total. The largest absolute Gasteiger partial charge is 0.475 e. The summed E-state index contributed by atoms with van der Waals surface area (Å²) >= 11 is 0. The van der Waals surface area contributed by atoms with Gasteiger partial charge < -0.3 is 31.9 Å². The van der Waals surface area contributed by atoms with Gasteiger partial charge in [-0.3, -0.25) is 19.2 Å². The predicted molar refractivity (Wildman–Crippen MR) is 129 cm³/mol. The monoisotopic (exact) mass is 554 g/mol. The van der Waals surface area contributed by atoms with Gasteiger partial charge in [0, 0.05) is 23.7 Å². The maximum atomic E-state index is 12.9. The van der Waals surface area contributed by atoms with Gasteiger partial charge >= 0.3 is 23.9 Å². The van der Waals surface area contributed by atoms with E-state index < -0.39 is 87.9 Å². The number of carbonyl (C=O) groups is 8. The normalized spacial score (nSPS) is 30.3. The Labute approximate surface area is 223 Å². The number of aliphatic carboxylic acids is 4. The predicted octanol–water partition coefficient (Wildman–Crippen LogP) is -0.650. The summed E-state index contributed by atoms with van der Waals surface area (Å²) in [7, 11) is 0. The number of hydrogen-bond acceptors (Lipinski definition) is 10. The molecule has 2 fully saturated rings. The fourth-order valence-electron chi connectivity index (χ4n) is 6.83. The van der Waals surface area contributed by atoms with E-state index in [1.807, 2.05) is 0 Å². The van der Waals surface area contributed by atoms with E-state index >= 15 is 0 Å². The van der Waals surface area contributed by atoms with Gasteiger partial charge in [-0.15, -0.1) is 0 Å². The Balaban J connectivity index is 2.74. The standard InChI is InChI=1S/C25H34N2O12/c26-5-1-3-11-13(17(28)21(32)33)7-25(8-14(11)18(29)22(34)35)9-15(19(30)23(36)37)12(4-2-6-27)16(10-25)20(31)24(38)39/h11-16H,1-10,26-27H2,(H,32,33)(H,34,35)(H,36,37)(H,38,39). The van der Waals surface area contributed by atoms with Crippen molar-refractivity contribution in [2.75, 3.05) is 13.1 Å². The first-order chi connectivity index (χ1) is 18.2. The Kier molecular flexibility index (Phi) is 10.6. The van der Waals surface area contributed by atoms with Crippen LogP contribution in [0.25, 0.3) is 0 Å². The maximum Gasteiger partial charge on any atom is 0.372 e. The Hall–Kier alpha value is -3.52. The lowest BCUT2D eigenvalue weighted by atomic mass is 9.48. The van der Waals surface area contributed by atoms with Crippen LogP contribution >= 0.6 is 0 Å². The minimum atomic E-state index is -1.83. The first-order valence-electron chi connectivity index (χ1n) is 12.7. The summed E-state index contributed by atoms with van der Waals surface area (Å²) in [5.41, 5.74) is 9.69. The number of carbonyl (C=O) groups excluding carboxylic acids is 4. The summed E-state index contributed by atoms with van der Waals surface area (Å²) < 4.78 is 0. The second-order valence-corrected chi connectivity index (χ2v) is 10.6. The first kappa shape index (κ1) is 31.7. The van der Waals surface area contributed by atoms with Gasteiger partial charge in [0.05, 0.1) is 0 Å². The highest BCUT2D eigenvalue weighted by Gasteiger charge is 2.58. The van der Waals surface area contributed by atoms with Gasteiger partial charge in [-0.1, -0.05) is 0 Å². The van der Waals surface area contributed by atoms with Crippen LogP contribution in [0.3, 0.4) is 0 Å². The lowest BCUT2D eigenvalue weighted by molar-refractivity contribution is -0.166. The molecule has 0 aliphatic heterocycles. The van der Waals surface area contributed by atoms with Crippen molar-refractivity contribution in [2.24, 2.45) is 52.4 Å². The minimum absolute atomic E-state index is 0.0497. The Morgan fingerprint density at radius 2 is 0.744 bits per heavy atom. The number of nitrogens with two attached hydrogens (primary N) is 2. The lowest BCUT2D eigenvalue weighted by Gasteiger charge is -2.54. The molecule has 1 spiro atoms. The van der Waals surface area contributed by atoms with Crippen LogP contribution < -0.4 is 11.5 Å². The van der Waals surface area contributed by atoms with Crippen molar-refractivity contribution < 1.29 is 58.8 Å². The zero-order chi connectivity index (χ0) is 29.7. The highest BCUT2D eigenvalue weighted by molar-refractivity contribution is 6.36. The molecule has 14 heteroatoms. The number of Topliss-reactive ketones (excluding diaryl/α,β-unsaturated/α-hetero) is 4. The van der Waals surface area contributed by atoms with Crippen LogP contribution in [0.15, 0.2) is 0 Å². The van der Waals surface area contributed by atoms with Gasteiger partial charge in [0.25, 0.3) is 0 Å². The van der Waals surface area contributed by atoms with Gasteiger partial charge in [0.2, 0.25) is 23.1 Å². The molecule has 0 aromatic rings. The molecular weight excluding hydrogens is 520 g/mol. The smallest absolute Gasteiger partial charge is 0.372 e. The molecule has 0 bridgehead atoms. The van der Waals surface area contributed by atoms with Crippen molar-refractivity contribution >= 4 is 47.0 Å². The van der Waals surface area contributed by atoms with Gasteiger partial charge in [-0.2, -0.15) is 0 Å². The van der Waals surface area contributed by atoms with E-state index in [-0.39, 0.29) is 64.5 Å². The van der Waals surface area contributed by atoms with Gasteiger partial charge in [-0.25, -0.2) is 19.2 Å². The summed E-state index contributed by atoms with van der Waals surface area (Å²) in [4.78, 5) is 98.4. The van der Waals surface area contributed by atoms with Crippen LogP contribution in [0.2, 0.25) is 0 Å². The van der Waals surface area contributed by atoms with Crippen LogP contribution in [-0.2, 0) is 38.4 Å². The van der Waals surface area contributed by atoms with Crippen molar-refractivity contribution in [1.82, 2.24) is 0 Å². The summed E-state index contributed by atoms with van der Waals surface area (Å²) in [6.45, 7) is 0.216. The molecule has 0 heterocycles. The number of carboxylic acid groups (broad SMARTS) is 4. The van der Waals surface area contributed by atoms with Crippen LogP contribution in [0, 0.1) is 40.9 Å². The second-order valence-electron chi connectivity index (χ2n) is 10.6. The van der Waals surface area contributed by atoms with Crippen LogP contribution in [0.4, 0.5) is 0 Å². The second kappa shape index (κ2) is 13.0. The average molecular weight is 555 g/mol. The van der Waals surface area contributed by atoms with Gasteiger partial charge in [-0.05, 0) is 81.7 Å². The number of carboxylic acids is 4. The molecule has 0 saturated heterocycles. The third kappa shape index (κ3) is 6.92. The van der Waals surface area contributed by atoms with Crippen molar-refractivity contribution in [3.05, 3.63) is 0 Å². The van der Waals surface area contributed by atoms with Gasteiger partial charge in [0.15, 0.2) is 0 Å². The molecule has 2 aliphatic rings. The zero-order valence-corrected chi connectivity index (χ0v) is 21.2. The lowest BCUT2D eigenvalue weighted by Crippen LogP contribution is -2.54. The molecule has 2 aliphatic carbocycles. The van der Waals surface area contributed by atoms with Crippen molar-refractivity contribution in [3.63, 3.8) is 0 Å². The number of rotatable bonds is 14. The third-order valence-corrected chi connectivity index (χ3v) is 8.35. The molecule has 0 radical (unpaired) electrons. The molecule has 39 heavy (non-hydrogen) atoms. The third-order valence-electron chi connectivity index (χ3n) is 8.35. The number of hydrogen-bond donors (Lipinski definition) is 6. The molecule has 2 rings (SSSR count). The van der Waals surface area contributed by atoms with E-state index in [1.165, 1.54) is 0 Å². The van der Waals surface area contributed by atoms with E-state index in [9.17, 15) is 58.8 Å². The van der Waals surface area contributed by atoms with Crippen LogP contribution in [-0.4, -0.2) is 80.5 Å². The fourth-order valence-corrected chi connectivity index (χ4v) is 6.83. The van der Waals surface area contributed by atoms with E-state index in [4.69, 9.17) is 11.5 Å². The highest BCUT2D eigenvalue weighted by atomic mass is 16.4. The van der Waals surface area contributed by atoms with Crippen LogP contribution in [0.5, 0.6) is 0 Å². The van der Waals surface area contributed by atoms with E-state index in [0.29, 0.717) is 0 Å². The molecule has 0 amide bonds. The van der Waals surface area contributed by atoms with Gasteiger partial charge in [0.1, 0.15) is 0 Å². The van der Waals surface area contributed by atoms with E-state index in [0.717, 1.165) is 0 Å². The molecule has 0 aromatic heterocycles. The van der Waals surface area contributed by atoms with Crippen molar-refractivity contribution in [2.45, 2.75) is 51.4 Å². The maximum absolute atomic E-state index is 12.9. The summed E-state index contributed by atoms with van der Waals surface area (Å²) in [5, 5.41) is 38.0. The molecule has 216 valence electrons. The highest BCUT2D eigenvalue weighted by Crippen LogP contribution is 2.59. The quantitative estimate of drug-likeness (QED) is 0.146. The summed E-state index contributed by atoms with van der Waals surface area (Å²) in [6.07, 6.45) is -0.611. The number of ketones is 4. The minimum Gasteiger partial charge on any atom is -0.475 e. The Morgan fingerprint density at radius 3 is 0.923 bits per heavy atom. The molecule has 4 unspecified atom stereocenters. The van der Waals surface area contributed by atoms with Crippen LogP contribution in [0.1, 0.15) is 51.4 Å². The topological polar surface area (TPSA) is 270 Å². The average Bonchev–Trinajstić information content (AvgIpc) is 2.88. The summed E-state index contributed by atoms with van der Waals surface area (Å²) in [6, 6.07) is 0. The molecule has 0 aromatic carbocycles. The SMILES string of the molecule is NCCCC1C(C(=O)C(=O)O)CC2(CC1C(=O)C(=O)O)CC(C(=O)C(=O)O)C(CCCN)C(C(=O)C(=O)O)C2. The summed E-state index contributed by atoms with van der Waals surface area (Å²) in [5.74, 6) is -20.2. The zero-order valence-electron chi connectivity index (χ0n) is 21.2. The molecule has 2 saturated carbocycles. The van der Waals surface area contributed by atoms with Crippen molar-refractivity contribution in [3.8, 4) is 0 Å². The molecular formula is C25H34N2O12. The van der Waals surface area contributed by atoms with E-state index in [1.54, 1.807) is 0 Å². The van der Waals surface area contributed by atoms with E-state index in [2.05, 4.69) is 0 Å². The first-order valence-corrected chi connectivity index (χ1v) is 12.7. The van der Waals surface area contributed by atoms with Crippen molar-refractivity contribution in [1.29, 1.82) is 0 Å². The fraction of sp³-hybridized carbons (Fsp3) is 0.680. The molecule has 4 atom stereocenters.